The first-order valence-corrected chi connectivity index (χ1v) is 6.96. The van der Waals surface area contributed by atoms with E-state index in [2.05, 4.69) is 9.97 Å². The van der Waals surface area contributed by atoms with Crippen LogP contribution in [0.3, 0.4) is 0 Å². The van der Waals surface area contributed by atoms with E-state index < -0.39 is 22.8 Å². The number of aryl methyl sites for hydroxylation is 2. The highest BCUT2D eigenvalue weighted by Gasteiger charge is 2.24. The quantitative estimate of drug-likeness (QED) is 0.567. The molecule has 0 spiro atoms. The molecule has 0 atom stereocenters. The number of hydrogen-bond donors (Lipinski definition) is 0. The summed E-state index contributed by atoms with van der Waals surface area (Å²) in [7, 11) is 2.67. The zero-order valence-electron chi connectivity index (χ0n) is 13.3. The number of halogens is 2. The van der Waals surface area contributed by atoms with Gasteiger partial charge < -0.3 is 9.13 Å². The van der Waals surface area contributed by atoms with E-state index in [1.54, 1.807) is 24.3 Å². The van der Waals surface area contributed by atoms with Gasteiger partial charge in [-0.2, -0.15) is 21.0 Å². The van der Waals surface area contributed by atoms with Crippen LogP contribution in [0.4, 0.5) is 8.78 Å². The molecule has 0 bridgehead atoms. The van der Waals surface area contributed by atoms with Crippen molar-refractivity contribution in [1.82, 2.24) is 19.1 Å². The van der Waals surface area contributed by atoms with Gasteiger partial charge in [0.1, 0.15) is 46.3 Å². The minimum atomic E-state index is -0.940. The van der Waals surface area contributed by atoms with E-state index in [4.69, 9.17) is 21.0 Å². The molecular formula is C16H6F2N8. The second-order valence-electron chi connectivity index (χ2n) is 5.21. The SMILES string of the molecule is Cn1c(=C(C#N)C#N)nc2c(F)c3c(nc(=C(C#N)C#N)n3C)c(F)c21. The smallest absolute Gasteiger partial charge is 0.177 e. The van der Waals surface area contributed by atoms with Gasteiger partial charge in [-0.25, -0.2) is 18.7 Å². The topological polar surface area (TPSA) is 131 Å². The summed E-state index contributed by atoms with van der Waals surface area (Å²) in [5, 5.41) is 35.9. The van der Waals surface area contributed by atoms with E-state index in [1.165, 1.54) is 14.1 Å². The second-order valence-corrected chi connectivity index (χ2v) is 5.21. The van der Waals surface area contributed by atoms with Gasteiger partial charge in [0.15, 0.2) is 33.7 Å². The third kappa shape index (κ3) is 1.94. The Balaban J connectivity index is 2.70. The van der Waals surface area contributed by atoms with Gasteiger partial charge in [0.25, 0.3) is 0 Å². The predicted molar refractivity (Wildman–Crippen MR) is 83.4 cm³/mol. The van der Waals surface area contributed by atoms with Crippen LogP contribution in [-0.4, -0.2) is 19.1 Å². The Morgan fingerprint density at radius 2 is 1.04 bits per heavy atom. The van der Waals surface area contributed by atoms with Crippen molar-refractivity contribution in [2.75, 3.05) is 0 Å². The molecule has 10 heteroatoms. The summed E-state index contributed by atoms with van der Waals surface area (Å²) in [5.41, 5.74) is -2.50. The first-order chi connectivity index (χ1) is 12.4. The van der Waals surface area contributed by atoms with Gasteiger partial charge in [0, 0.05) is 14.1 Å². The van der Waals surface area contributed by atoms with Crippen LogP contribution >= 0.6 is 0 Å². The molecule has 8 nitrogen and oxygen atoms in total. The molecule has 0 aliphatic heterocycles. The minimum absolute atomic E-state index is 0.181. The number of imidazole rings is 2. The molecule has 26 heavy (non-hydrogen) atoms. The number of nitrogens with zero attached hydrogens (tertiary/aromatic N) is 8. The minimum Gasteiger partial charge on any atom is -0.323 e. The fraction of sp³-hybridized carbons (Fsp3) is 0.125. The Morgan fingerprint density at radius 3 is 1.31 bits per heavy atom. The van der Waals surface area contributed by atoms with Crippen LogP contribution in [0.5, 0.6) is 0 Å². The molecule has 0 radical (unpaired) electrons. The summed E-state index contributed by atoms with van der Waals surface area (Å²) in [6.45, 7) is 0. The summed E-state index contributed by atoms with van der Waals surface area (Å²) in [6.07, 6.45) is 0. The number of hydrogen-bond acceptors (Lipinski definition) is 6. The van der Waals surface area contributed by atoms with Crippen LogP contribution in [0.15, 0.2) is 0 Å². The molecule has 0 unspecified atom stereocenters. The molecule has 0 amide bonds. The van der Waals surface area contributed by atoms with E-state index in [9.17, 15) is 0 Å². The fourth-order valence-electron chi connectivity index (χ4n) is 2.73. The van der Waals surface area contributed by atoms with Crippen LogP contribution in [0, 0.1) is 57.0 Å². The average molecular weight is 348 g/mol. The van der Waals surface area contributed by atoms with Crippen LogP contribution in [0.2, 0.25) is 0 Å². The van der Waals surface area contributed by atoms with Crippen molar-refractivity contribution in [3.63, 3.8) is 0 Å². The van der Waals surface area contributed by atoms with Crippen molar-refractivity contribution >= 4 is 33.2 Å². The number of fused-ring (bicyclic) bond motifs is 2. The zero-order valence-corrected chi connectivity index (χ0v) is 13.3. The van der Waals surface area contributed by atoms with E-state index in [0.29, 0.717) is 0 Å². The molecule has 2 heterocycles. The maximum absolute atomic E-state index is 15.0. The summed E-state index contributed by atoms with van der Waals surface area (Å²) in [5.74, 6) is -1.88. The third-order valence-electron chi connectivity index (χ3n) is 3.92. The summed E-state index contributed by atoms with van der Waals surface area (Å²) < 4.78 is 32.2. The molecule has 0 saturated carbocycles. The van der Waals surface area contributed by atoms with Crippen LogP contribution in [-0.2, 0) is 14.1 Å². The summed E-state index contributed by atoms with van der Waals surface area (Å²) in [6, 6.07) is 6.50. The van der Waals surface area contributed by atoms with Gasteiger partial charge in [0.2, 0.25) is 0 Å². The molecule has 0 aliphatic carbocycles. The molecule has 0 N–H and O–H groups in total. The van der Waals surface area contributed by atoms with Crippen molar-refractivity contribution in [1.29, 1.82) is 21.0 Å². The average Bonchev–Trinajstić information content (AvgIpc) is 3.15. The van der Waals surface area contributed by atoms with Gasteiger partial charge >= 0.3 is 0 Å². The van der Waals surface area contributed by atoms with Crippen molar-refractivity contribution in [3.05, 3.63) is 22.6 Å². The monoisotopic (exact) mass is 348 g/mol. The number of rotatable bonds is 0. The molecule has 124 valence electrons. The van der Waals surface area contributed by atoms with Crippen molar-refractivity contribution < 1.29 is 8.78 Å². The van der Waals surface area contributed by atoms with Crippen molar-refractivity contribution in [2.24, 2.45) is 14.1 Å². The second kappa shape index (κ2) is 5.66. The lowest BCUT2D eigenvalue weighted by Crippen LogP contribution is -2.18. The molecule has 3 rings (SSSR count). The van der Waals surface area contributed by atoms with Gasteiger partial charge in [-0.05, 0) is 0 Å². The van der Waals surface area contributed by atoms with Crippen molar-refractivity contribution in [3.8, 4) is 24.3 Å². The van der Waals surface area contributed by atoms with E-state index in [1.807, 2.05) is 0 Å². The molecule has 2 aromatic heterocycles. The highest BCUT2D eigenvalue weighted by molar-refractivity contribution is 5.94. The first kappa shape index (κ1) is 16.6. The van der Waals surface area contributed by atoms with E-state index in [-0.39, 0.29) is 33.0 Å². The standard InChI is InChI=1S/C16H6F2N8/c1-25-13-9(17)12-14(26(2)16(24-12)8(5-21)6-22)10(18)11(13)23-15(25)7(3-19)4-20/h1-2H3. The van der Waals surface area contributed by atoms with Crippen LogP contribution in [0.1, 0.15) is 0 Å². The maximum Gasteiger partial charge on any atom is 0.177 e. The van der Waals surface area contributed by atoms with Crippen LogP contribution < -0.4 is 11.0 Å². The Kier molecular flexibility index (Phi) is 3.61. The maximum atomic E-state index is 15.0. The van der Waals surface area contributed by atoms with Crippen LogP contribution in [0.25, 0.3) is 33.2 Å². The fourth-order valence-corrected chi connectivity index (χ4v) is 2.73. The van der Waals surface area contributed by atoms with Gasteiger partial charge in [0.05, 0.1) is 0 Å². The zero-order chi connectivity index (χ0) is 19.2. The number of aromatic nitrogens is 4. The highest BCUT2D eigenvalue weighted by atomic mass is 19.1. The van der Waals surface area contributed by atoms with E-state index >= 15 is 8.78 Å². The first-order valence-electron chi connectivity index (χ1n) is 6.96. The highest BCUT2D eigenvalue weighted by Crippen LogP contribution is 2.27. The number of benzene rings is 1. The lowest BCUT2D eigenvalue weighted by Gasteiger charge is -2.01. The molecule has 3 aromatic rings. The molecule has 1 aromatic carbocycles. The molecule has 0 saturated heterocycles. The summed E-state index contributed by atoms with van der Waals surface area (Å²) in [4.78, 5) is 7.78. The van der Waals surface area contributed by atoms with Gasteiger partial charge in [-0.15, -0.1) is 0 Å². The normalized spacial score (nSPS) is 10.2. The molecular weight excluding hydrogens is 342 g/mol. The van der Waals surface area contributed by atoms with Crippen molar-refractivity contribution in [2.45, 2.75) is 0 Å². The number of nitriles is 4. The predicted octanol–water partition coefficient (Wildman–Crippen LogP) is 0.134. The molecule has 0 fully saturated rings. The summed E-state index contributed by atoms with van der Waals surface area (Å²) >= 11 is 0. The van der Waals surface area contributed by atoms with Gasteiger partial charge in [-0.1, -0.05) is 0 Å². The Hall–Kier alpha value is -4.28. The Morgan fingerprint density at radius 1 is 0.731 bits per heavy atom. The Bertz CT molecular complexity index is 1270. The van der Waals surface area contributed by atoms with E-state index in [0.717, 1.165) is 9.13 Å². The molecule has 0 aliphatic rings. The van der Waals surface area contributed by atoms with Gasteiger partial charge in [-0.3, -0.25) is 0 Å². The third-order valence-corrected chi connectivity index (χ3v) is 3.92. The largest absolute Gasteiger partial charge is 0.323 e. The lowest BCUT2D eigenvalue weighted by molar-refractivity contribution is 0.623. The lowest BCUT2D eigenvalue weighted by atomic mass is 10.2. The Labute approximate surface area is 144 Å².